The maximum atomic E-state index is 11.6. The van der Waals surface area contributed by atoms with Gasteiger partial charge in [-0.2, -0.15) is 20.5 Å². The number of carboxylic acids is 1. The molecule has 1 aliphatic rings. The number of carbonyl (C=O) groups is 1. The van der Waals surface area contributed by atoms with E-state index in [9.17, 15) is 28.0 Å². The molecule has 0 bridgehead atoms. The Hall–Kier alpha value is -2.66. The van der Waals surface area contributed by atoms with Gasteiger partial charge in [0.2, 0.25) is 0 Å². The van der Waals surface area contributed by atoms with Crippen molar-refractivity contribution in [1.29, 1.82) is 0 Å². The minimum absolute atomic E-state index is 0. The van der Waals surface area contributed by atoms with Gasteiger partial charge in [0.1, 0.15) is 15.9 Å². The van der Waals surface area contributed by atoms with Crippen LogP contribution in [0.4, 0.5) is 17.1 Å². The van der Waals surface area contributed by atoms with E-state index in [0.717, 1.165) is 24.3 Å². The summed E-state index contributed by atoms with van der Waals surface area (Å²) in [5.41, 5.74) is 7.31. The summed E-state index contributed by atoms with van der Waals surface area (Å²) in [5, 5.41) is 48.1. The van der Waals surface area contributed by atoms with E-state index in [0.29, 0.717) is 43.7 Å². The van der Waals surface area contributed by atoms with E-state index in [2.05, 4.69) is 20.5 Å². The maximum absolute atomic E-state index is 11.6. The van der Waals surface area contributed by atoms with Crippen LogP contribution in [0.2, 0.25) is 10.0 Å². The first-order valence-corrected chi connectivity index (χ1v) is 14.7. The zero-order valence-corrected chi connectivity index (χ0v) is 30.5. The number of aromatic hydroxyl groups is 1. The Balaban J connectivity index is 0.00000288. The van der Waals surface area contributed by atoms with Gasteiger partial charge in [-0.15, -0.1) is 0 Å². The fourth-order valence-electron chi connectivity index (χ4n) is 4.37. The third kappa shape index (κ3) is 8.62. The van der Waals surface area contributed by atoms with Crippen molar-refractivity contribution in [2.24, 2.45) is 26.2 Å². The summed E-state index contributed by atoms with van der Waals surface area (Å²) in [7, 11) is -4.76. The minimum atomic E-state index is -4.76. The van der Waals surface area contributed by atoms with Crippen LogP contribution < -0.4 is 70.0 Å². The van der Waals surface area contributed by atoms with Gasteiger partial charge in [0.05, 0.1) is 37.6 Å². The van der Waals surface area contributed by atoms with Crippen molar-refractivity contribution in [2.45, 2.75) is 17.0 Å². The SMILES string of the molecule is NC1(N=Nc2ccc(-c3ccc(N=Nc4ccc([O-])c(C(=O)O)c4)cc3Cl)c(Cl)c2)C=Cc2cc(S(=O)(=O)[O-])cc(O)c2C1.[Na+].[Na+]. The maximum Gasteiger partial charge on any atom is 1.00 e. The number of hydrogen-bond acceptors (Lipinski definition) is 11. The van der Waals surface area contributed by atoms with Crippen molar-refractivity contribution in [3.63, 3.8) is 0 Å². The number of nitrogens with zero attached hydrogens (tertiary/aromatic N) is 4. The molecule has 0 fully saturated rings. The van der Waals surface area contributed by atoms with Gasteiger partial charge in [-0.3, -0.25) is 0 Å². The van der Waals surface area contributed by atoms with Crippen LogP contribution in [0, 0.1) is 0 Å². The average Bonchev–Trinajstić information content (AvgIpc) is 2.96. The van der Waals surface area contributed by atoms with Crippen LogP contribution in [0.25, 0.3) is 17.2 Å². The van der Waals surface area contributed by atoms with Crippen molar-refractivity contribution < 1.29 is 92.2 Å². The van der Waals surface area contributed by atoms with Crippen molar-refractivity contribution in [1.82, 2.24) is 0 Å². The number of hydrogen-bond donors (Lipinski definition) is 3. The minimum Gasteiger partial charge on any atom is -0.872 e. The second-order valence-electron chi connectivity index (χ2n) is 9.68. The Morgan fingerprint density at radius 3 is 1.96 bits per heavy atom. The largest absolute Gasteiger partial charge is 1.00 e. The first-order chi connectivity index (χ1) is 20.7. The number of aromatic carboxylic acids is 1. The molecule has 12 nitrogen and oxygen atoms in total. The summed E-state index contributed by atoms with van der Waals surface area (Å²) >= 11 is 13.0. The number of fused-ring (bicyclic) bond motifs is 1. The van der Waals surface area contributed by atoms with Gasteiger partial charge in [-0.25, -0.2) is 13.2 Å². The van der Waals surface area contributed by atoms with Gasteiger partial charge in [0.25, 0.3) is 0 Å². The van der Waals surface area contributed by atoms with Crippen molar-refractivity contribution in [2.75, 3.05) is 0 Å². The van der Waals surface area contributed by atoms with Crippen molar-refractivity contribution in [3.05, 3.63) is 99.5 Å². The number of azo groups is 2. The van der Waals surface area contributed by atoms with Crippen LogP contribution in [0.15, 0.2) is 98.2 Å². The molecule has 0 radical (unpaired) electrons. The molecule has 4 aromatic carbocycles. The number of halogens is 2. The summed E-state index contributed by atoms with van der Waals surface area (Å²) in [6, 6.07) is 15.3. The van der Waals surface area contributed by atoms with Crippen LogP contribution in [-0.4, -0.2) is 34.8 Å². The van der Waals surface area contributed by atoms with E-state index in [1.54, 1.807) is 36.4 Å². The second kappa shape index (κ2) is 15.0. The van der Waals surface area contributed by atoms with Crippen molar-refractivity contribution >= 4 is 62.4 Å². The summed E-state index contributed by atoms with van der Waals surface area (Å²) in [5.74, 6) is -2.39. The van der Waals surface area contributed by atoms with Gasteiger partial charge in [0, 0.05) is 23.1 Å². The Bertz CT molecular complexity index is 2040. The van der Waals surface area contributed by atoms with Crippen LogP contribution in [0.3, 0.4) is 0 Å². The number of phenolic OH excluding ortho intramolecular Hbond substituents is 1. The average molecular weight is 698 g/mol. The number of rotatable bonds is 7. The summed E-state index contributed by atoms with van der Waals surface area (Å²) in [4.78, 5) is 10.6. The van der Waals surface area contributed by atoms with Gasteiger partial charge >= 0.3 is 65.1 Å². The molecule has 0 amide bonds. The molecule has 0 heterocycles. The normalized spacial score (nSPS) is 15.7. The van der Waals surface area contributed by atoms with Gasteiger partial charge < -0.3 is 25.6 Å². The smallest absolute Gasteiger partial charge is 0.872 e. The predicted octanol–water partition coefficient (Wildman–Crippen LogP) is 0.474. The third-order valence-electron chi connectivity index (χ3n) is 6.56. The summed E-state index contributed by atoms with van der Waals surface area (Å²) in [6.07, 6.45) is 2.93. The predicted molar refractivity (Wildman–Crippen MR) is 159 cm³/mol. The standard InChI is InChI=1S/C29H21Cl2N5O7S.2Na/c30-24-11-17(34-33-16-3-6-26(37)22(10-16)28(39)40)1-4-20(24)21-5-2-18(12-25(21)31)35-36-29(32)8-7-15-9-19(44(41,42)43)13-27(38)23(15)14-29;;/h1-13,37-38H,14,32H2,(H,39,40)(H,41,42,43);;/q;2*+1/p-2. The van der Waals surface area contributed by atoms with E-state index >= 15 is 0 Å². The number of phenols is 1. The van der Waals surface area contributed by atoms with E-state index in [4.69, 9.17) is 34.0 Å². The first-order valence-electron chi connectivity index (χ1n) is 12.5. The van der Waals surface area contributed by atoms with Crippen LogP contribution in [-0.2, 0) is 16.5 Å². The van der Waals surface area contributed by atoms with E-state index in [1.165, 1.54) is 18.2 Å². The number of benzene rings is 4. The number of nitrogens with two attached hydrogens (primary N) is 1. The molecule has 17 heteroatoms. The van der Waals surface area contributed by atoms with Crippen LogP contribution >= 0.6 is 23.2 Å². The molecular formula is C29H19Cl2N5Na2O7S. The Kier molecular flexibility index (Phi) is 12.4. The Morgan fingerprint density at radius 1 is 0.870 bits per heavy atom. The van der Waals surface area contributed by atoms with Gasteiger partial charge in [0.15, 0.2) is 5.66 Å². The third-order valence-corrected chi connectivity index (χ3v) is 7.99. The fraction of sp³-hybridized carbons (Fsp3) is 0.0690. The van der Waals surface area contributed by atoms with E-state index < -0.39 is 43.7 Å². The van der Waals surface area contributed by atoms with Crippen LogP contribution in [0.5, 0.6) is 11.5 Å². The second-order valence-corrected chi connectivity index (χ2v) is 11.9. The molecule has 0 spiro atoms. The summed E-state index contributed by atoms with van der Waals surface area (Å²) in [6.45, 7) is 0. The zero-order chi connectivity index (χ0) is 31.8. The van der Waals surface area contributed by atoms with Gasteiger partial charge in [-0.05, 0) is 60.2 Å². The quantitative estimate of drug-likeness (QED) is 0.140. The van der Waals surface area contributed by atoms with Crippen molar-refractivity contribution in [3.8, 4) is 22.6 Å². The molecule has 4 aromatic rings. The molecule has 1 atom stereocenters. The molecule has 0 aliphatic heterocycles. The first kappa shape index (κ1) is 37.8. The molecule has 5 rings (SSSR count). The van der Waals surface area contributed by atoms with Crippen LogP contribution in [0.1, 0.15) is 21.5 Å². The monoisotopic (exact) mass is 697 g/mol. The number of carboxylic acid groups (broad SMARTS) is 1. The molecule has 224 valence electrons. The molecular weight excluding hydrogens is 679 g/mol. The topological polar surface area (TPSA) is 213 Å². The Morgan fingerprint density at radius 2 is 1.41 bits per heavy atom. The zero-order valence-electron chi connectivity index (χ0n) is 24.2. The van der Waals surface area contributed by atoms with E-state index in [-0.39, 0.29) is 71.2 Å². The Labute approximate surface area is 317 Å². The fourth-order valence-corrected chi connectivity index (χ4v) is 5.45. The summed E-state index contributed by atoms with van der Waals surface area (Å²) < 4.78 is 34.0. The molecule has 0 saturated heterocycles. The molecule has 1 aliphatic carbocycles. The van der Waals surface area contributed by atoms with E-state index in [1.807, 2.05) is 0 Å². The van der Waals surface area contributed by atoms with Gasteiger partial charge in [-0.1, -0.05) is 53.2 Å². The molecule has 4 N–H and O–H groups in total. The molecule has 46 heavy (non-hydrogen) atoms. The molecule has 1 unspecified atom stereocenters. The molecule has 0 aromatic heterocycles. The molecule has 0 saturated carbocycles.